The fraction of sp³-hybridized carbons (Fsp3) is 0.467. The molecule has 5 heterocycles. The van der Waals surface area contributed by atoms with Crippen LogP contribution < -0.4 is 16.6 Å². The number of hydrogen-bond acceptors (Lipinski definition) is 10. The molecule has 0 bridgehead atoms. The number of amides is 2. The Hall–Kier alpha value is -5.92. The number of benzene rings is 4. The minimum absolute atomic E-state index is 0.00723. The van der Waals surface area contributed by atoms with Gasteiger partial charge in [0.2, 0.25) is 0 Å². The number of hydrogen-bond donors (Lipinski definition) is 2. The molecule has 3 fully saturated rings. The molecular formula is C60H70BBrF2N4O10. The molecule has 414 valence electrons. The fourth-order valence-corrected chi connectivity index (χ4v) is 10.8. The molecule has 3 aliphatic heterocycles. The first-order valence-electron chi connectivity index (χ1n) is 26.7. The van der Waals surface area contributed by atoms with Gasteiger partial charge in [0, 0.05) is 53.6 Å². The van der Waals surface area contributed by atoms with Crippen LogP contribution in [0, 0.1) is 11.6 Å². The third-order valence-electron chi connectivity index (χ3n) is 15.5. The summed E-state index contributed by atoms with van der Waals surface area (Å²) in [6.07, 6.45) is 3.12. The van der Waals surface area contributed by atoms with Crippen LogP contribution in [0.2, 0.25) is 0 Å². The predicted molar refractivity (Wildman–Crippen MR) is 300 cm³/mol. The van der Waals surface area contributed by atoms with Crippen LogP contribution in [0.1, 0.15) is 166 Å². The molecule has 2 atom stereocenters. The minimum Gasteiger partial charge on any atom is -0.444 e. The maximum absolute atomic E-state index is 15.3. The molecular weight excluding hydrogens is 1070 g/mol. The Morgan fingerprint density at radius 2 is 1.09 bits per heavy atom. The molecule has 11 rings (SSSR count). The highest BCUT2D eigenvalue weighted by Gasteiger charge is 2.52. The van der Waals surface area contributed by atoms with Crippen molar-refractivity contribution in [3.05, 3.63) is 143 Å². The highest BCUT2D eigenvalue weighted by Crippen LogP contribution is 2.42. The van der Waals surface area contributed by atoms with Crippen LogP contribution in [0.3, 0.4) is 0 Å². The molecule has 78 heavy (non-hydrogen) atoms. The molecule has 18 heteroatoms. The van der Waals surface area contributed by atoms with Crippen molar-refractivity contribution in [3.63, 3.8) is 0 Å². The number of nitrogens with zero attached hydrogens (tertiary/aromatic N) is 4. The van der Waals surface area contributed by atoms with E-state index in [9.17, 15) is 33.8 Å². The number of carbonyl (C=O) groups excluding carboxylic acids is 2. The van der Waals surface area contributed by atoms with E-state index in [0.717, 1.165) is 53.4 Å². The second-order valence-corrected chi connectivity index (χ2v) is 25.0. The largest absolute Gasteiger partial charge is 0.494 e. The number of ether oxygens (including phenoxy) is 2. The van der Waals surface area contributed by atoms with E-state index in [2.05, 4.69) is 28.1 Å². The molecule has 2 saturated carbocycles. The standard InChI is InChI=1S/C27H29FN2O4.C20H30BNO4.C13H11BrFNO2/c1-15-20-8-5-16(9-17(20)13-29(15)26(33)34-27(2,3)4)21-12-24-22(11-23(21)28)18(14-31)10-25(32)30(24)19-6-7-19;1-13-16-10-9-15(21-25-19(5,6)20(7,8)26-21)11-14(16)12-22(13)17(23)24-18(2,3)4;14-10-5-12-9(4-11(10)15)7(6-17)3-13(18)16(12)8-1-2-8/h5,8-12,15,19,31H,6-7,13-14H2,1-4H3;9-11,13H,12H2,1-8H3;3-5,8,17H,1-2,6H2. The predicted octanol–water partition coefficient (Wildman–Crippen LogP) is 12.0. The lowest BCUT2D eigenvalue weighted by Gasteiger charge is -2.32. The van der Waals surface area contributed by atoms with Crippen LogP contribution >= 0.6 is 15.9 Å². The van der Waals surface area contributed by atoms with Gasteiger partial charge in [-0.1, -0.05) is 30.3 Å². The zero-order valence-corrected chi connectivity index (χ0v) is 48.1. The minimum atomic E-state index is -0.588. The van der Waals surface area contributed by atoms with Gasteiger partial charge in [-0.2, -0.15) is 0 Å². The molecule has 2 aliphatic carbocycles. The lowest BCUT2D eigenvalue weighted by Crippen LogP contribution is -2.41. The van der Waals surface area contributed by atoms with Gasteiger partial charge >= 0.3 is 19.3 Å². The van der Waals surface area contributed by atoms with Gasteiger partial charge in [-0.05, 0) is 199 Å². The Bertz CT molecular complexity index is 3470. The van der Waals surface area contributed by atoms with Crippen molar-refractivity contribution < 1.29 is 47.4 Å². The topological polar surface area (TPSA) is 162 Å². The number of pyridine rings is 2. The van der Waals surface area contributed by atoms with Crippen molar-refractivity contribution in [1.29, 1.82) is 0 Å². The first kappa shape index (κ1) is 56.8. The zero-order chi connectivity index (χ0) is 56.7. The van der Waals surface area contributed by atoms with Gasteiger partial charge in [-0.25, -0.2) is 18.4 Å². The summed E-state index contributed by atoms with van der Waals surface area (Å²) in [6, 6.07) is 21.0. The van der Waals surface area contributed by atoms with E-state index in [1.807, 2.05) is 107 Å². The van der Waals surface area contributed by atoms with Crippen LogP contribution in [0.5, 0.6) is 0 Å². The summed E-state index contributed by atoms with van der Waals surface area (Å²) in [7, 11) is -0.392. The molecule has 14 nitrogen and oxygen atoms in total. The average molecular weight is 1140 g/mol. The Labute approximate surface area is 462 Å². The molecule has 2 unspecified atom stereocenters. The summed E-state index contributed by atoms with van der Waals surface area (Å²) in [5.74, 6) is -0.809. The van der Waals surface area contributed by atoms with Crippen LogP contribution in [0.15, 0.2) is 86.9 Å². The number of aliphatic hydroxyl groups excluding tert-OH is 2. The molecule has 2 aromatic heterocycles. The lowest BCUT2D eigenvalue weighted by molar-refractivity contribution is 0.00578. The third-order valence-corrected chi connectivity index (χ3v) is 16.1. The molecule has 0 spiro atoms. The summed E-state index contributed by atoms with van der Waals surface area (Å²) >= 11 is 3.14. The average Bonchev–Trinajstić information content (AvgIpc) is 4.41. The van der Waals surface area contributed by atoms with Gasteiger partial charge in [0.25, 0.3) is 11.1 Å². The van der Waals surface area contributed by atoms with E-state index < -0.39 is 30.0 Å². The van der Waals surface area contributed by atoms with Gasteiger partial charge in [0.15, 0.2) is 0 Å². The third kappa shape index (κ3) is 11.4. The number of carbonyl (C=O) groups is 2. The molecule has 2 N–H and O–H groups in total. The second kappa shape index (κ2) is 21.0. The summed E-state index contributed by atoms with van der Waals surface area (Å²) in [5.41, 5.74) is 6.37. The fourth-order valence-electron chi connectivity index (χ4n) is 10.4. The van der Waals surface area contributed by atoms with Crippen LogP contribution in [-0.2, 0) is 45.1 Å². The number of aliphatic hydroxyl groups is 2. The maximum atomic E-state index is 15.3. The molecule has 6 aromatic rings. The zero-order valence-electron chi connectivity index (χ0n) is 46.6. The Morgan fingerprint density at radius 3 is 1.54 bits per heavy atom. The highest BCUT2D eigenvalue weighted by atomic mass is 79.9. The molecule has 1 saturated heterocycles. The van der Waals surface area contributed by atoms with Crippen molar-refractivity contribution in [2.75, 3.05) is 0 Å². The first-order valence-corrected chi connectivity index (χ1v) is 27.5. The van der Waals surface area contributed by atoms with E-state index in [0.29, 0.717) is 61.6 Å². The van der Waals surface area contributed by atoms with Crippen LogP contribution in [0.4, 0.5) is 18.4 Å². The van der Waals surface area contributed by atoms with E-state index in [1.165, 1.54) is 24.3 Å². The molecule has 2 amide bonds. The highest BCUT2D eigenvalue weighted by molar-refractivity contribution is 9.10. The first-order chi connectivity index (χ1) is 36.5. The normalized spacial score (nSPS) is 19.3. The summed E-state index contributed by atoms with van der Waals surface area (Å²) in [4.78, 5) is 53.4. The van der Waals surface area contributed by atoms with Crippen molar-refractivity contribution in [2.24, 2.45) is 0 Å². The number of aromatic nitrogens is 2. The maximum Gasteiger partial charge on any atom is 0.494 e. The Kier molecular flexibility index (Phi) is 15.3. The van der Waals surface area contributed by atoms with Crippen molar-refractivity contribution >= 4 is 62.5 Å². The van der Waals surface area contributed by atoms with Crippen LogP contribution in [0.25, 0.3) is 32.9 Å². The van der Waals surface area contributed by atoms with E-state index in [-0.39, 0.29) is 71.9 Å². The summed E-state index contributed by atoms with van der Waals surface area (Å²) in [6.45, 7) is 23.7. The van der Waals surface area contributed by atoms with Gasteiger partial charge in [0.05, 0.1) is 52.0 Å². The monoisotopic (exact) mass is 1130 g/mol. The van der Waals surface area contributed by atoms with Gasteiger partial charge < -0.3 is 38.1 Å². The summed E-state index contributed by atoms with van der Waals surface area (Å²) in [5, 5.41) is 20.2. The van der Waals surface area contributed by atoms with Crippen LogP contribution in [-0.4, -0.2) is 70.9 Å². The van der Waals surface area contributed by atoms with Gasteiger partial charge in [-0.3, -0.25) is 19.4 Å². The smallest absolute Gasteiger partial charge is 0.444 e. The quantitative estimate of drug-likeness (QED) is 0.154. The van der Waals surface area contributed by atoms with Crippen molar-refractivity contribution in [3.8, 4) is 11.1 Å². The number of fused-ring (bicyclic) bond motifs is 4. The van der Waals surface area contributed by atoms with Gasteiger partial charge in [0.1, 0.15) is 22.8 Å². The molecule has 5 aliphatic rings. The van der Waals surface area contributed by atoms with E-state index in [4.69, 9.17) is 18.8 Å². The van der Waals surface area contributed by atoms with Crippen molar-refractivity contribution in [1.82, 2.24) is 18.9 Å². The van der Waals surface area contributed by atoms with E-state index in [1.54, 1.807) is 31.1 Å². The van der Waals surface area contributed by atoms with Gasteiger partial charge in [-0.15, -0.1) is 0 Å². The SMILES string of the molecule is CC1c2ccc(-c3cc4c(cc3F)c(CO)cc(=O)n4C3CC3)cc2CN1C(=O)OC(C)(C)C.CC1c2ccc(B3OC(C)(C)C(C)(C)O3)cc2CN1C(=O)OC(C)(C)C.O=c1cc(CO)c2cc(F)c(Br)cc2n1C1CC1. The van der Waals surface area contributed by atoms with E-state index >= 15 is 4.39 Å². The number of rotatable bonds is 6. The summed E-state index contributed by atoms with van der Waals surface area (Å²) < 4.78 is 56.1. The Balaban J connectivity index is 0.000000149. The molecule has 0 radical (unpaired) electrons. The lowest BCUT2D eigenvalue weighted by atomic mass is 9.77. The number of halogens is 3. The van der Waals surface area contributed by atoms with Crippen molar-refractivity contribution in [2.45, 2.75) is 182 Å². The second-order valence-electron chi connectivity index (χ2n) is 24.2. The molecule has 4 aromatic carbocycles. The Morgan fingerprint density at radius 1 is 0.654 bits per heavy atom.